The molecule has 0 saturated heterocycles. The van der Waals surface area contributed by atoms with Crippen molar-refractivity contribution in [3.8, 4) is 0 Å². The minimum absolute atomic E-state index is 0. The number of hydrogen-bond acceptors (Lipinski definition) is 0. The smallest absolute Gasteiger partial charge is 0 e. The van der Waals surface area contributed by atoms with Crippen molar-refractivity contribution in [1.82, 2.24) is 0 Å². The summed E-state index contributed by atoms with van der Waals surface area (Å²) < 4.78 is 0. The molecule has 1 heteroatoms. The Morgan fingerprint density at radius 3 is 2.56 bits per heavy atom. The zero-order chi connectivity index (χ0) is 5.98. The first-order valence-corrected chi connectivity index (χ1v) is 3.08. The summed E-state index contributed by atoms with van der Waals surface area (Å²) in [7, 11) is 0. The zero-order valence-electron chi connectivity index (χ0n) is 10.8. The summed E-state index contributed by atoms with van der Waals surface area (Å²) >= 11 is 0. The Bertz CT molecular complexity index is 145. The molecule has 0 aliphatic heterocycles. The molecule has 0 amide bonds. The van der Waals surface area contributed by atoms with Gasteiger partial charge in [0, 0.05) is 21.1 Å². The second-order valence-corrected chi connectivity index (χ2v) is 2.39. The minimum Gasteiger partial charge on any atom is -1.00 e. The van der Waals surface area contributed by atoms with Crippen molar-refractivity contribution in [1.29, 1.82) is 0 Å². The fraction of sp³-hybridized carbons (Fsp3) is 0.500. The third kappa shape index (κ3) is 2.49. The Hall–Kier alpha value is 0.168. The van der Waals surface area contributed by atoms with Crippen LogP contribution in [0.15, 0.2) is 17.7 Å². The second-order valence-electron chi connectivity index (χ2n) is 2.39. The molecule has 0 aromatic heterocycles. The Kier molecular flexibility index (Phi) is 4.14. The van der Waals surface area contributed by atoms with E-state index in [2.05, 4.69) is 32.1 Å². The van der Waals surface area contributed by atoms with E-state index in [0.29, 0.717) is 5.92 Å². The van der Waals surface area contributed by atoms with Crippen molar-refractivity contribution in [2.75, 3.05) is 0 Å². The van der Waals surface area contributed by atoms with Gasteiger partial charge in [0.1, 0.15) is 0 Å². The monoisotopic (exact) mass is 210 g/mol. The first-order valence-electron chi connectivity index (χ1n) is 3.08. The maximum atomic E-state index is 3.26. The summed E-state index contributed by atoms with van der Waals surface area (Å²) in [5.41, 5.74) is 1.37. The molecular weight excluding hydrogens is 192 g/mol. The van der Waals surface area contributed by atoms with E-state index in [-0.39, 0.29) is 28.2 Å². The van der Waals surface area contributed by atoms with Crippen LogP contribution in [0.1, 0.15) is 27.4 Å². The van der Waals surface area contributed by atoms with Crippen LogP contribution in [0.3, 0.4) is 0 Å². The van der Waals surface area contributed by atoms with E-state index in [4.69, 9.17) is 0 Å². The average Bonchev–Trinajstić information content (AvgIpc) is 2.12. The first kappa shape index (κ1) is 9.17. The largest absolute Gasteiger partial charge is 1.00 e. The van der Waals surface area contributed by atoms with Crippen molar-refractivity contribution in [3.05, 3.63) is 23.8 Å². The van der Waals surface area contributed by atoms with E-state index >= 15 is 0 Å². The van der Waals surface area contributed by atoms with Crippen LogP contribution < -0.4 is 0 Å². The molecular formula is C8H16Mo-6. The van der Waals surface area contributed by atoms with Gasteiger partial charge in [-0.05, 0) is 0 Å². The third-order valence-electron chi connectivity index (χ3n) is 1.34. The molecule has 0 fully saturated rings. The van der Waals surface area contributed by atoms with Gasteiger partial charge in [-0.2, -0.15) is 6.08 Å². The predicted octanol–water partition coefficient (Wildman–Crippen LogP) is 2.89. The van der Waals surface area contributed by atoms with Gasteiger partial charge in [0.25, 0.3) is 0 Å². The van der Waals surface area contributed by atoms with Crippen molar-refractivity contribution in [2.45, 2.75) is 20.3 Å². The normalized spacial score (nSPS) is 15.7. The van der Waals surface area contributed by atoms with Crippen molar-refractivity contribution < 1.29 is 28.2 Å². The summed E-state index contributed by atoms with van der Waals surface area (Å²) in [5, 5.41) is 0. The summed E-state index contributed by atoms with van der Waals surface area (Å²) in [6, 6.07) is 0. The van der Waals surface area contributed by atoms with Crippen LogP contribution in [0.4, 0.5) is 0 Å². The van der Waals surface area contributed by atoms with E-state index in [1.807, 2.05) is 0 Å². The van der Waals surface area contributed by atoms with Crippen molar-refractivity contribution in [3.63, 3.8) is 0 Å². The van der Waals surface area contributed by atoms with Gasteiger partial charge < -0.3 is 7.13 Å². The first-order chi connectivity index (χ1) is 3.80. The molecule has 9 heavy (non-hydrogen) atoms. The summed E-state index contributed by atoms with van der Waals surface area (Å²) in [6.45, 7) is 4.38. The predicted molar refractivity (Wildman–Crippen MR) is 40.9 cm³/mol. The van der Waals surface area contributed by atoms with Crippen LogP contribution in [-0.2, 0) is 21.1 Å². The molecule has 0 atom stereocenters. The molecule has 0 spiro atoms. The summed E-state index contributed by atoms with van der Waals surface area (Å²) in [4.78, 5) is 0. The van der Waals surface area contributed by atoms with E-state index in [1.165, 1.54) is 5.57 Å². The molecule has 0 radical (unpaired) electrons. The average molecular weight is 208 g/mol. The van der Waals surface area contributed by atoms with Crippen LogP contribution in [0.5, 0.6) is 0 Å². The van der Waals surface area contributed by atoms with E-state index in [0.717, 1.165) is 6.42 Å². The van der Waals surface area contributed by atoms with Crippen LogP contribution in [-0.4, -0.2) is 0 Å². The standard InChI is InChI=1S/C8H11.Mo.5H/c1-7(2)8-5-3-4-6-8;;;;;;/h3,5,7H,4H2,1-2H3;;;;;;/q-1;;5*-1. The molecule has 0 N–H and O–H groups in total. The molecule has 1 aliphatic carbocycles. The third-order valence-corrected chi connectivity index (χ3v) is 1.34. The van der Waals surface area contributed by atoms with Crippen LogP contribution in [0.2, 0.25) is 0 Å². The van der Waals surface area contributed by atoms with Gasteiger partial charge in [0.15, 0.2) is 0 Å². The van der Waals surface area contributed by atoms with Gasteiger partial charge in [-0.25, -0.2) is 11.6 Å². The van der Waals surface area contributed by atoms with Crippen LogP contribution in [0.25, 0.3) is 0 Å². The molecule has 0 bridgehead atoms. The molecule has 0 aromatic rings. The topological polar surface area (TPSA) is 0 Å². The Morgan fingerprint density at radius 2 is 2.33 bits per heavy atom. The van der Waals surface area contributed by atoms with Gasteiger partial charge in [0.05, 0.1) is 0 Å². The molecule has 1 rings (SSSR count). The maximum absolute atomic E-state index is 3.26. The molecule has 0 unspecified atom stereocenters. The molecule has 0 nitrogen and oxygen atoms in total. The summed E-state index contributed by atoms with van der Waals surface area (Å²) in [5.74, 6) is 0.661. The SMILES string of the molecule is CC(C)C1=[C-]CC=C1.[H-].[H-].[H-].[H-].[H-].[Mo]. The molecule has 0 heterocycles. The van der Waals surface area contributed by atoms with Crippen LogP contribution in [0, 0.1) is 12.0 Å². The van der Waals surface area contributed by atoms with E-state index in [9.17, 15) is 0 Å². The van der Waals surface area contributed by atoms with Gasteiger partial charge >= 0.3 is 0 Å². The van der Waals surface area contributed by atoms with Gasteiger partial charge in [-0.3, -0.25) is 6.08 Å². The van der Waals surface area contributed by atoms with E-state index in [1.54, 1.807) is 0 Å². The Morgan fingerprint density at radius 1 is 1.67 bits per heavy atom. The summed E-state index contributed by atoms with van der Waals surface area (Å²) in [6.07, 6.45) is 8.59. The van der Waals surface area contributed by atoms with Gasteiger partial charge in [-0.1, -0.05) is 19.8 Å². The van der Waals surface area contributed by atoms with Crippen molar-refractivity contribution >= 4 is 0 Å². The molecule has 1 aliphatic rings. The second kappa shape index (κ2) is 4.06. The van der Waals surface area contributed by atoms with E-state index < -0.39 is 0 Å². The Balaban J connectivity index is -0.0000000267. The van der Waals surface area contributed by atoms with Crippen molar-refractivity contribution in [2.24, 2.45) is 5.92 Å². The number of allylic oxidation sites excluding steroid dienone is 4. The van der Waals surface area contributed by atoms with Gasteiger partial charge in [-0.15, -0.1) is 6.42 Å². The maximum Gasteiger partial charge on any atom is 0 e. The fourth-order valence-corrected chi connectivity index (χ4v) is 0.818. The van der Waals surface area contributed by atoms with Gasteiger partial charge in [0.2, 0.25) is 0 Å². The van der Waals surface area contributed by atoms with Crippen LogP contribution >= 0.6 is 0 Å². The minimum atomic E-state index is 0. The molecule has 60 valence electrons. The zero-order valence-corrected chi connectivity index (χ0v) is 7.85. The molecule has 0 aromatic carbocycles. The number of hydrogen-bond donors (Lipinski definition) is 0. The Labute approximate surface area is 78.7 Å². The fourth-order valence-electron chi connectivity index (χ4n) is 0.818. The quantitative estimate of drug-likeness (QED) is 0.459. The molecule has 0 saturated carbocycles. The number of rotatable bonds is 1.